The summed E-state index contributed by atoms with van der Waals surface area (Å²) in [6, 6.07) is 10.1. The summed E-state index contributed by atoms with van der Waals surface area (Å²) in [5.74, 6) is 0.441. The Balaban J connectivity index is 2.33. The predicted molar refractivity (Wildman–Crippen MR) is 84.7 cm³/mol. The number of para-hydroxylation sites is 1. The van der Waals surface area contributed by atoms with Crippen LogP contribution >= 0.6 is 23.2 Å². The van der Waals surface area contributed by atoms with Gasteiger partial charge in [-0.25, -0.2) is 13.4 Å². The lowest BCUT2D eigenvalue weighted by Crippen LogP contribution is -1.97. The Bertz CT molecular complexity index is 929. The maximum absolute atomic E-state index is 11.8. The molecule has 1 N–H and O–H groups in total. The van der Waals surface area contributed by atoms with E-state index in [0.29, 0.717) is 32.5 Å². The monoisotopic (exact) mass is 340 g/mol. The summed E-state index contributed by atoms with van der Waals surface area (Å²) in [7, 11) is -3.37. The largest absolute Gasteiger partial charge is 0.338 e. The highest BCUT2D eigenvalue weighted by Crippen LogP contribution is 2.34. The van der Waals surface area contributed by atoms with E-state index >= 15 is 0 Å². The van der Waals surface area contributed by atoms with Crippen molar-refractivity contribution in [2.24, 2.45) is 0 Å². The number of halogens is 2. The summed E-state index contributed by atoms with van der Waals surface area (Å²) >= 11 is 12.3. The number of nitrogens with one attached hydrogen (secondary N) is 1. The number of hydrogen-bond acceptors (Lipinski definition) is 3. The Kier molecular flexibility index (Phi) is 3.43. The van der Waals surface area contributed by atoms with Crippen molar-refractivity contribution in [3.05, 3.63) is 46.4 Å². The fourth-order valence-corrected chi connectivity index (χ4v) is 3.56. The minimum absolute atomic E-state index is 0.172. The molecule has 4 nitrogen and oxygen atoms in total. The predicted octanol–water partition coefficient (Wildman–Crippen LogP) is 3.94. The van der Waals surface area contributed by atoms with E-state index in [1.807, 2.05) is 0 Å². The number of sulfone groups is 1. The summed E-state index contributed by atoms with van der Waals surface area (Å²) in [4.78, 5) is 7.60. The van der Waals surface area contributed by atoms with E-state index in [1.165, 1.54) is 6.07 Å². The zero-order valence-corrected chi connectivity index (χ0v) is 13.2. The van der Waals surface area contributed by atoms with Gasteiger partial charge in [-0.3, -0.25) is 0 Å². The van der Waals surface area contributed by atoms with Crippen molar-refractivity contribution in [2.75, 3.05) is 6.26 Å². The summed E-state index contributed by atoms with van der Waals surface area (Å²) in [6.07, 6.45) is 1.15. The molecule has 0 amide bonds. The molecular formula is C14H10Cl2N2O2S. The molecule has 1 heterocycles. The first-order valence-corrected chi connectivity index (χ1v) is 8.66. The molecule has 0 aliphatic rings. The highest BCUT2D eigenvalue weighted by Gasteiger charge is 2.18. The Morgan fingerprint density at radius 3 is 2.29 bits per heavy atom. The molecule has 2 aromatic carbocycles. The lowest BCUT2D eigenvalue weighted by atomic mass is 10.2. The SMILES string of the molecule is CS(=O)(=O)c1cccc2[nH]c(-c3c(Cl)cccc3Cl)nc12. The zero-order valence-electron chi connectivity index (χ0n) is 10.9. The van der Waals surface area contributed by atoms with Crippen LogP contribution in [0.4, 0.5) is 0 Å². The van der Waals surface area contributed by atoms with Gasteiger partial charge in [0.15, 0.2) is 9.84 Å². The number of imidazole rings is 1. The van der Waals surface area contributed by atoms with E-state index in [-0.39, 0.29) is 4.90 Å². The average molecular weight is 341 g/mol. The van der Waals surface area contributed by atoms with E-state index in [1.54, 1.807) is 30.3 Å². The first-order chi connectivity index (χ1) is 9.88. The van der Waals surface area contributed by atoms with Gasteiger partial charge in [0.1, 0.15) is 11.3 Å². The second-order valence-corrected chi connectivity index (χ2v) is 7.41. The van der Waals surface area contributed by atoms with Gasteiger partial charge in [-0.05, 0) is 24.3 Å². The maximum Gasteiger partial charge on any atom is 0.177 e. The molecule has 108 valence electrons. The van der Waals surface area contributed by atoms with Gasteiger partial charge in [0.2, 0.25) is 0 Å². The fraction of sp³-hybridized carbons (Fsp3) is 0.0714. The maximum atomic E-state index is 11.8. The first-order valence-electron chi connectivity index (χ1n) is 6.01. The number of H-pyrrole nitrogens is 1. The van der Waals surface area contributed by atoms with Gasteiger partial charge >= 0.3 is 0 Å². The van der Waals surface area contributed by atoms with Crippen molar-refractivity contribution in [1.82, 2.24) is 9.97 Å². The highest BCUT2D eigenvalue weighted by molar-refractivity contribution is 7.91. The molecule has 0 aliphatic heterocycles. The second-order valence-electron chi connectivity index (χ2n) is 4.61. The number of fused-ring (bicyclic) bond motifs is 1. The van der Waals surface area contributed by atoms with Crippen LogP contribution in [0.15, 0.2) is 41.3 Å². The zero-order chi connectivity index (χ0) is 15.2. The molecule has 0 saturated carbocycles. The van der Waals surface area contributed by atoms with Crippen molar-refractivity contribution >= 4 is 44.1 Å². The van der Waals surface area contributed by atoms with E-state index < -0.39 is 9.84 Å². The Labute approximate surface area is 131 Å². The Morgan fingerprint density at radius 2 is 1.67 bits per heavy atom. The van der Waals surface area contributed by atoms with Crippen LogP contribution in [0.5, 0.6) is 0 Å². The van der Waals surface area contributed by atoms with E-state index in [0.717, 1.165) is 6.26 Å². The van der Waals surface area contributed by atoms with Crippen molar-refractivity contribution in [1.29, 1.82) is 0 Å². The molecule has 3 aromatic rings. The van der Waals surface area contributed by atoms with Crippen molar-refractivity contribution in [2.45, 2.75) is 4.90 Å². The number of benzene rings is 2. The van der Waals surface area contributed by atoms with Gasteiger partial charge in [0, 0.05) is 6.26 Å². The lowest BCUT2D eigenvalue weighted by molar-refractivity contribution is 0.602. The average Bonchev–Trinajstić information content (AvgIpc) is 2.80. The van der Waals surface area contributed by atoms with E-state index in [9.17, 15) is 8.42 Å². The molecule has 0 radical (unpaired) electrons. The van der Waals surface area contributed by atoms with Gasteiger partial charge in [0.25, 0.3) is 0 Å². The van der Waals surface area contributed by atoms with Gasteiger partial charge in [0.05, 0.1) is 26.0 Å². The van der Waals surface area contributed by atoms with Crippen LogP contribution < -0.4 is 0 Å². The van der Waals surface area contributed by atoms with Crippen molar-refractivity contribution in [3.63, 3.8) is 0 Å². The summed E-state index contributed by atoms with van der Waals surface area (Å²) in [5.41, 5.74) is 1.55. The van der Waals surface area contributed by atoms with Crippen LogP contribution in [-0.2, 0) is 9.84 Å². The summed E-state index contributed by atoms with van der Waals surface area (Å²) in [5, 5.41) is 0.893. The Hall–Kier alpha value is -1.56. The fourth-order valence-electron chi connectivity index (χ4n) is 2.15. The minimum atomic E-state index is -3.37. The van der Waals surface area contributed by atoms with Crippen molar-refractivity contribution in [3.8, 4) is 11.4 Å². The van der Waals surface area contributed by atoms with Crippen LogP contribution in [0.3, 0.4) is 0 Å². The Morgan fingerprint density at radius 1 is 1.05 bits per heavy atom. The van der Waals surface area contributed by atoms with Crippen LogP contribution in [0.2, 0.25) is 10.0 Å². The molecular weight excluding hydrogens is 331 g/mol. The molecule has 3 rings (SSSR count). The highest BCUT2D eigenvalue weighted by atomic mass is 35.5. The van der Waals surface area contributed by atoms with Gasteiger partial charge in [-0.2, -0.15) is 0 Å². The van der Waals surface area contributed by atoms with Crippen LogP contribution in [0, 0.1) is 0 Å². The molecule has 0 unspecified atom stereocenters. The smallest absolute Gasteiger partial charge is 0.177 e. The van der Waals surface area contributed by atoms with Gasteiger partial charge < -0.3 is 4.98 Å². The quantitative estimate of drug-likeness (QED) is 0.768. The molecule has 0 fully saturated rings. The molecule has 0 atom stereocenters. The number of rotatable bonds is 2. The van der Waals surface area contributed by atoms with E-state index in [4.69, 9.17) is 23.2 Å². The third-order valence-electron chi connectivity index (χ3n) is 3.07. The molecule has 0 bridgehead atoms. The third-order valence-corrected chi connectivity index (χ3v) is 4.83. The van der Waals surface area contributed by atoms with Crippen LogP contribution in [-0.4, -0.2) is 24.6 Å². The first kappa shape index (κ1) is 14.4. The summed E-state index contributed by atoms with van der Waals surface area (Å²) in [6.45, 7) is 0. The van der Waals surface area contributed by atoms with Crippen LogP contribution in [0.25, 0.3) is 22.4 Å². The van der Waals surface area contributed by atoms with Gasteiger partial charge in [-0.15, -0.1) is 0 Å². The number of hydrogen-bond donors (Lipinski definition) is 1. The molecule has 0 spiro atoms. The topological polar surface area (TPSA) is 62.8 Å². The van der Waals surface area contributed by atoms with Gasteiger partial charge in [-0.1, -0.05) is 35.3 Å². The number of nitrogens with zero attached hydrogens (tertiary/aromatic N) is 1. The number of aromatic amines is 1. The third kappa shape index (κ3) is 2.52. The summed E-state index contributed by atoms with van der Waals surface area (Å²) < 4.78 is 23.6. The lowest BCUT2D eigenvalue weighted by Gasteiger charge is -2.02. The van der Waals surface area contributed by atoms with E-state index in [2.05, 4.69) is 9.97 Å². The molecule has 7 heteroatoms. The van der Waals surface area contributed by atoms with Crippen molar-refractivity contribution < 1.29 is 8.42 Å². The molecule has 21 heavy (non-hydrogen) atoms. The normalized spacial score (nSPS) is 12.0. The second kappa shape index (κ2) is 5.02. The minimum Gasteiger partial charge on any atom is -0.338 e. The molecule has 0 saturated heterocycles. The molecule has 0 aliphatic carbocycles. The molecule has 1 aromatic heterocycles. The standard InChI is InChI=1S/C14H10Cl2N2O2S/c1-21(19,20)11-7-3-6-10-13(11)18-14(17-10)12-8(15)4-2-5-9(12)16/h2-7H,1H3,(H,17,18). The number of aromatic nitrogens is 2. The van der Waals surface area contributed by atoms with Crippen LogP contribution in [0.1, 0.15) is 0 Å².